The van der Waals surface area contributed by atoms with Crippen LogP contribution in [-0.4, -0.2) is 30.2 Å². The maximum absolute atomic E-state index is 12.4. The summed E-state index contributed by atoms with van der Waals surface area (Å²) in [5.41, 5.74) is 1.41. The third-order valence-electron chi connectivity index (χ3n) is 3.95. The quantitative estimate of drug-likeness (QED) is 0.708. The van der Waals surface area contributed by atoms with Crippen LogP contribution in [0.25, 0.3) is 10.9 Å². The van der Waals surface area contributed by atoms with E-state index in [0.717, 1.165) is 5.56 Å². The van der Waals surface area contributed by atoms with Crippen LogP contribution in [0.2, 0.25) is 0 Å². The molecule has 0 bridgehead atoms. The molecule has 1 heterocycles. The van der Waals surface area contributed by atoms with Gasteiger partial charge in [-0.3, -0.25) is 4.79 Å². The minimum absolute atomic E-state index is 0.168. The summed E-state index contributed by atoms with van der Waals surface area (Å²) in [5, 5.41) is 0.495. The van der Waals surface area contributed by atoms with Crippen molar-refractivity contribution in [3.05, 3.63) is 63.7 Å². The number of rotatable bonds is 5. The predicted octanol–water partition coefficient (Wildman–Crippen LogP) is 2.61. The molecule has 0 radical (unpaired) electrons. The topological polar surface area (TPSA) is 90.5 Å². The molecule has 134 valence electrons. The van der Waals surface area contributed by atoms with Gasteiger partial charge in [-0.05, 0) is 30.7 Å². The average molecular weight is 354 g/mol. The van der Waals surface area contributed by atoms with Crippen molar-refractivity contribution in [3.63, 3.8) is 0 Å². The number of ether oxygens (including phenoxy) is 3. The van der Waals surface area contributed by atoms with Gasteiger partial charge in [-0.1, -0.05) is 18.2 Å². The first-order chi connectivity index (χ1) is 12.5. The van der Waals surface area contributed by atoms with Crippen molar-refractivity contribution < 1.29 is 19.0 Å². The van der Waals surface area contributed by atoms with Crippen LogP contribution < -0.4 is 15.0 Å². The van der Waals surface area contributed by atoms with Crippen molar-refractivity contribution in [2.24, 2.45) is 0 Å². The lowest BCUT2D eigenvalue weighted by Crippen LogP contribution is -2.15. The van der Waals surface area contributed by atoms with E-state index in [1.165, 1.54) is 14.2 Å². The number of methoxy groups -OCH3 is 2. The largest absolute Gasteiger partial charge is 0.493 e. The Hall–Kier alpha value is -3.35. The van der Waals surface area contributed by atoms with Crippen molar-refractivity contribution in [2.75, 3.05) is 14.2 Å². The average Bonchev–Trinajstić information content (AvgIpc) is 2.66. The zero-order valence-corrected chi connectivity index (χ0v) is 14.7. The Balaban J connectivity index is 1.86. The molecule has 1 N–H and O–H groups in total. The van der Waals surface area contributed by atoms with E-state index in [1.807, 2.05) is 13.0 Å². The fourth-order valence-electron chi connectivity index (χ4n) is 2.68. The van der Waals surface area contributed by atoms with Gasteiger partial charge in [-0.25, -0.2) is 9.78 Å². The van der Waals surface area contributed by atoms with E-state index in [9.17, 15) is 9.59 Å². The number of carbonyl (C=O) groups excluding carboxylic acids is 1. The minimum Gasteiger partial charge on any atom is -0.493 e. The van der Waals surface area contributed by atoms with Crippen LogP contribution in [-0.2, 0) is 11.3 Å². The van der Waals surface area contributed by atoms with E-state index in [2.05, 4.69) is 9.97 Å². The molecule has 3 aromatic rings. The summed E-state index contributed by atoms with van der Waals surface area (Å²) >= 11 is 0. The second kappa shape index (κ2) is 7.26. The summed E-state index contributed by atoms with van der Waals surface area (Å²) in [6, 6.07) is 10.3. The molecule has 26 heavy (non-hydrogen) atoms. The first-order valence-electron chi connectivity index (χ1n) is 7.91. The van der Waals surface area contributed by atoms with Gasteiger partial charge < -0.3 is 19.2 Å². The molecule has 7 heteroatoms. The normalized spacial score (nSPS) is 10.6. The number of aromatic nitrogens is 2. The number of aromatic amines is 1. The fourth-order valence-corrected chi connectivity index (χ4v) is 2.68. The molecule has 0 atom stereocenters. The highest BCUT2D eigenvalue weighted by Crippen LogP contribution is 2.31. The van der Waals surface area contributed by atoms with Gasteiger partial charge in [-0.15, -0.1) is 0 Å². The fraction of sp³-hybridized carbons (Fsp3) is 0.211. The lowest BCUT2D eigenvalue weighted by molar-refractivity contribution is 0.0458. The number of carbonyl (C=O) groups is 1. The highest BCUT2D eigenvalue weighted by molar-refractivity contribution is 5.93. The molecule has 3 rings (SSSR count). The van der Waals surface area contributed by atoms with E-state index in [0.29, 0.717) is 16.7 Å². The van der Waals surface area contributed by atoms with Gasteiger partial charge in [0.05, 0.1) is 25.1 Å². The zero-order chi connectivity index (χ0) is 18.7. The number of esters is 1. The smallest absolute Gasteiger partial charge is 0.342 e. The summed E-state index contributed by atoms with van der Waals surface area (Å²) in [4.78, 5) is 31.6. The lowest BCUT2D eigenvalue weighted by Gasteiger charge is -2.12. The number of nitrogens with zero attached hydrogens (tertiary/aromatic N) is 1. The Morgan fingerprint density at radius 3 is 2.62 bits per heavy atom. The highest BCUT2D eigenvalue weighted by atomic mass is 16.5. The SMILES string of the molecule is COc1cccc(C(=O)OCc2nc3c(C)cccc3c(=O)[nH]2)c1OC. The molecule has 0 fully saturated rings. The van der Waals surface area contributed by atoms with E-state index in [-0.39, 0.29) is 29.3 Å². The number of aryl methyl sites for hydroxylation is 1. The van der Waals surface area contributed by atoms with Crippen LogP contribution in [0.15, 0.2) is 41.2 Å². The minimum atomic E-state index is -0.603. The van der Waals surface area contributed by atoms with Crippen molar-refractivity contribution in [1.82, 2.24) is 9.97 Å². The van der Waals surface area contributed by atoms with Crippen LogP contribution >= 0.6 is 0 Å². The number of para-hydroxylation sites is 2. The molecule has 1 aromatic heterocycles. The van der Waals surface area contributed by atoms with Gasteiger partial charge >= 0.3 is 5.97 Å². The summed E-state index contributed by atoms with van der Waals surface area (Å²) in [7, 11) is 2.93. The van der Waals surface area contributed by atoms with Gasteiger partial charge in [0.15, 0.2) is 11.5 Å². The Morgan fingerprint density at radius 2 is 1.88 bits per heavy atom. The van der Waals surface area contributed by atoms with Gasteiger partial charge in [-0.2, -0.15) is 0 Å². The van der Waals surface area contributed by atoms with Gasteiger partial charge in [0.25, 0.3) is 5.56 Å². The summed E-state index contributed by atoms with van der Waals surface area (Å²) < 4.78 is 15.7. The summed E-state index contributed by atoms with van der Waals surface area (Å²) in [6.07, 6.45) is 0. The van der Waals surface area contributed by atoms with Gasteiger partial charge in [0, 0.05) is 0 Å². The third-order valence-corrected chi connectivity index (χ3v) is 3.95. The van der Waals surface area contributed by atoms with Crippen molar-refractivity contribution in [2.45, 2.75) is 13.5 Å². The first kappa shape index (κ1) is 17.5. The third kappa shape index (κ3) is 3.23. The van der Waals surface area contributed by atoms with E-state index in [1.54, 1.807) is 30.3 Å². The molecule has 0 saturated carbocycles. The Bertz CT molecular complexity index is 1030. The molecule has 0 aliphatic heterocycles. The van der Waals surface area contributed by atoms with E-state index in [4.69, 9.17) is 14.2 Å². The summed E-state index contributed by atoms with van der Waals surface area (Å²) in [6.45, 7) is 1.70. The Morgan fingerprint density at radius 1 is 1.12 bits per heavy atom. The molecule has 2 aromatic carbocycles. The molecule has 0 amide bonds. The Kier molecular flexibility index (Phi) is 4.88. The van der Waals surface area contributed by atoms with Crippen LogP contribution in [0, 0.1) is 6.92 Å². The number of hydrogen-bond acceptors (Lipinski definition) is 6. The number of H-pyrrole nitrogens is 1. The Labute approximate surface area is 149 Å². The first-order valence-corrected chi connectivity index (χ1v) is 7.91. The predicted molar refractivity (Wildman–Crippen MR) is 95.8 cm³/mol. The molecule has 0 spiro atoms. The lowest BCUT2D eigenvalue weighted by atomic mass is 10.1. The molecule has 0 unspecified atom stereocenters. The van der Waals surface area contributed by atoms with Crippen LogP contribution in [0.5, 0.6) is 11.5 Å². The molecular formula is C19H18N2O5. The standard InChI is InChI=1S/C19H18N2O5/c1-11-6-4-7-12-16(11)20-15(21-18(12)22)10-26-19(23)13-8-5-9-14(24-2)17(13)25-3/h4-9H,10H2,1-3H3,(H,20,21,22). The second-order valence-electron chi connectivity index (χ2n) is 5.60. The number of nitrogens with one attached hydrogen (secondary N) is 1. The molecule has 0 aliphatic rings. The highest BCUT2D eigenvalue weighted by Gasteiger charge is 2.18. The summed E-state index contributed by atoms with van der Waals surface area (Å²) in [5.74, 6) is 0.380. The maximum atomic E-state index is 12.4. The number of fused-ring (bicyclic) bond motifs is 1. The molecule has 7 nitrogen and oxygen atoms in total. The molecular weight excluding hydrogens is 336 g/mol. The van der Waals surface area contributed by atoms with Crippen molar-refractivity contribution >= 4 is 16.9 Å². The van der Waals surface area contributed by atoms with E-state index >= 15 is 0 Å². The van der Waals surface area contributed by atoms with Crippen LogP contribution in [0.4, 0.5) is 0 Å². The number of hydrogen-bond donors (Lipinski definition) is 1. The van der Waals surface area contributed by atoms with Crippen molar-refractivity contribution in [1.29, 1.82) is 0 Å². The molecule has 0 saturated heterocycles. The zero-order valence-electron chi connectivity index (χ0n) is 14.7. The monoisotopic (exact) mass is 354 g/mol. The van der Waals surface area contributed by atoms with Crippen LogP contribution in [0.1, 0.15) is 21.7 Å². The number of benzene rings is 2. The van der Waals surface area contributed by atoms with Crippen LogP contribution in [0.3, 0.4) is 0 Å². The second-order valence-corrected chi connectivity index (χ2v) is 5.60. The van der Waals surface area contributed by atoms with Gasteiger partial charge in [0.2, 0.25) is 0 Å². The molecule has 0 aliphatic carbocycles. The maximum Gasteiger partial charge on any atom is 0.342 e. The van der Waals surface area contributed by atoms with Crippen molar-refractivity contribution in [3.8, 4) is 11.5 Å². The van der Waals surface area contributed by atoms with Gasteiger partial charge in [0.1, 0.15) is 18.0 Å². The van der Waals surface area contributed by atoms with E-state index < -0.39 is 5.97 Å².